The Balaban J connectivity index is 1.71. The highest BCUT2D eigenvalue weighted by Gasteiger charge is 2.15. The van der Waals surface area contributed by atoms with Crippen molar-refractivity contribution in [3.8, 4) is 11.4 Å². The van der Waals surface area contributed by atoms with Crippen molar-refractivity contribution in [3.63, 3.8) is 0 Å². The van der Waals surface area contributed by atoms with Crippen LogP contribution in [0.5, 0.6) is 0 Å². The molecule has 0 spiro atoms. The fourth-order valence-corrected chi connectivity index (χ4v) is 3.22. The zero-order chi connectivity index (χ0) is 18.5. The third-order valence-electron chi connectivity index (χ3n) is 4.71. The third-order valence-corrected chi connectivity index (χ3v) is 4.71. The first kappa shape index (κ1) is 17.2. The average molecular weight is 357 g/mol. The second-order valence-electron chi connectivity index (χ2n) is 6.72. The quantitative estimate of drug-likeness (QED) is 0.675. The van der Waals surface area contributed by atoms with Crippen LogP contribution >= 0.6 is 0 Å². The van der Waals surface area contributed by atoms with Crippen molar-refractivity contribution in [2.45, 2.75) is 32.2 Å². The van der Waals surface area contributed by atoms with Gasteiger partial charge in [-0.25, -0.2) is 15.0 Å². The predicted octanol–water partition coefficient (Wildman–Crippen LogP) is 4.98. The van der Waals surface area contributed by atoms with Gasteiger partial charge < -0.3 is 11.1 Å². The van der Waals surface area contributed by atoms with E-state index in [4.69, 9.17) is 10.7 Å². The van der Waals surface area contributed by atoms with Crippen molar-refractivity contribution in [1.82, 2.24) is 9.97 Å². The monoisotopic (exact) mass is 357 g/mol. The minimum Gasteiger partial charge on any atom is -0.393 e. The summed E-state index contributed by atoms with van der Waals surface area (Å²) in [6, 6.07) is 20.1. The van der Waals surface area contributed by atoms with Gasteiger partial charge in [-0.3, -0.25) is 0 Å². The molecule has 136 valence electrons. The molecule has 0 saturated heterocycles. The van der Waals surface area contributed by atoms with E-state index in [1.54, 1.807) is 0 Å². The lowest BCUT2D eigenvalue weighted by atomic mass is 10.2. The van der Waals surface area contributed by atoms with Gasteiger partial charge in [-0.05, 0) is 31.2 Å². The Kier molecular flexibility index (Phi) is 5.10. The number of nitrogens with two attached hydrogens (primary N) is 1. The van der Waals surface area contributed by atoms with E-state index in [1.165, 1.54) is 24.1 Å². The number of nitrogens with zero attached hydrogens (tertiary/aromatic N) is 3. The molecule has 1 aliphatic rings. The SMILES string of the molecule is Nc1c(N=C2CCCC2)nc(-c2ccccc2)nc1NCc1ccccc1. The van der Waals surface area contributed by atoms with E-state index in [9.17, 15) is 0 Å². The highest BCUT2D eigenvalue weighted by Crippen LogP contribution is 2.31. The molecule has 3 aromatic rings. The maximum absolute atomic E-state index is 6.38. The summed E-state index contributed by atoms with van der Waals surface area (Å²) >= 11 is 0. The largest absolute Gasteiger partial charge is 0.393 e. The number of aliphatic imine (C=N–C) groups is 1. The van der Waals surface area contributed by atoms with Crippen LogP contribution in [0.4, 0.5) is 17.3 Å². The molecule has 4 rings (SSSR count). The van der Waals surface area contributed by atoms with Crippen LogP contribution in [0.3, 0.4) is 0 Å². The molecule has 1 heterocycles. The molecule has 3 N–H and O–H groups in total. The van der Waals surface area contributed by atoms with E-state index in [0.29, 0.717) is 29.7 Å². The number of nitrogen functional groups attached to an aromatic ring is 1. The first-order chi connectivity index (χ1) is 13.3. The maximum Gasteiger partial charge on any atom is 0.181 e. The van der Waals surface area contributed by atoms with Crippen LogP contribution in [0.15, 0.2) is 65.7 Å². The minimum atomic E-state index is 0.505. The molecule has 1 aliphatic carbocycles. The molecular formula is C22H23N5. The molecule has 5 nitrogen and oxygen atoms in total. The molecule has 0 atom stereocenters. The van der Waals surface area contributed by atoms with Crippen molar-refractivity contribution in [1.29, 1.82) is 0 Å². The number of nitrogens with one attached hydrogen (secondary N) is 1. The summed E-state index contributed by atoms with van der Waals surface area (Å²) in [6.45, 7) is 0.645. The lowest BCUT2D eigenvalue weighted by molar-refractivity contribution is 0.886. The highest BCUT2D eigenvalue weighted by molar-refractivity contribution is 5.90. The van der Waals surface area contributed by atoms with Gasteiger partial charge in [0.05, 0.1) is 0 Å². The lowest BCUT2D eigenvalue weighted by Gasteiger charge is -2.12. The zero-order valence-corrected chi connectivity index (χ0v) is 15.2. The van der Waals surface area contributed by atoms with Crippen LogP contribution in [0, 0.1) is 0 Å². The summed E-state index contributed by atoms with van der Waals surface area (Å²) in [5.74, 6) is 1.83. The second kappa shape index (κ2) is 7.99. The molecular weight excluding hydrogens is 334 g/mol. The Morgan fingerprint density at radius 2 is 1.56 bits per heavy atom. The summed E-state index contributed by atoms with van der Waals surface area (Å²) in [6.07, 6.45) is 4.43. The molecule has 5 heteroatoms. The number of aromatic nitrogens is 2. The Bertz CT molecular complexity index is 928. The fraction of sp³-hybridized carbons (Fsp3) is 0.227. The van der Waals surface area contributed by atoms with Gasteiger partial charge in [0.2, 0.25) is 0 Å². The number of benzene rings is 2. The Labute approximate surface area is 159 Å². The molecule has 0 unspecified atom stereocenters. The molecule has 27 heavy (non-hydrogen) atoms. The van der Waals surface area contributed by atoms with E-state index in [-0.39, 0.29) is 0 Å². The first-order valence-corrected chi connectivity index (χ1v) is 9.37. The fourth-order valence-electron chi connectivity index (χ4n) is 3.22. The number of hydrogen-bond acceptors (Lipinski definition) is 5. The number of anilines is 2. The van der Waals surface area contributed by atoms with Crippen molar-refractivity contribution >= 4 is 23.0 Å². The zero-order valence-electron chi connectivity index (χ0n) is 15.2. The summed E-state index contributed by atoms with van der Waals surface area (Å²) in [5, 5.41) is 3.36. The van der Waals surface area contributed by atoms with Gasteiger partial charge in [-0.15, -0.1) is 0 Å². The maximum atomic E-state index is 6.38. The van der Waals surface area contributed by atoms with E-state index in [2.05, 4.69) is 27.4 Å². The summed E-state index contributed by atoms with van der Waals surface area (Å²) in [5.41, 5.74) is 10.2. The third kappa shape index (κ3) is 4.14. The predicted molar refractivity (Wildman–Crippen MR) is 111 cm³/mol. The van der Waals surface area contributed by atoms with E-state index >= 15 is 0 Å². The smallest absolute Gasteiger partial charge is 0.181 e. The normalized spacial score (nSPS) is 13.6. The summed E-state index contributed by atoms with van der Waals surface area (Å²) < 4.78 is 0. The Morgan fingerprint density at radius 3 is 2.26 bits per heavy atom. The van der Waals surface area contributed by atoms with Crippen molar-refractivity contribution in [3.05, 3.63) is 66.2 Å². The van der Waals surface area contributed by atoms with Gasteiger partial charge >= 0.3 is 0 Å². The second-order valence-corrected chi connectivity index (χ2v) is 6.72. The van der Waals surface area contributed by atoms with Crippen LogP contribution < -0.4 is 11.1 Å². The Morgan fingerprint density at radius 1 is 0.889 bits per heavy atom. The molecule has 1 fully saturated rings. The minimum absolute atomic E-state index is 0.505. The van der Waals surface area contributed by atoms with Gasteiger partial charge in [-0.1, -0.05) is 60.7 Å². The highest BCUT2D eigenvalue weighted by atomic mass is 15.1. The molecule has 2 aromatic carbocycles. The standard InChI is InChI=1S/C22H23N5/c23-19-21(24-15-16-9-3-1-4-10-16)26-20(17-11-5-2-6-12-17)27-22(19)25-18-13-7-8-14-18/h1-6,9-12H,7-8,13-15,23H2,(H,24,26,27). The van der Waals surface area contributed by atoms with Crippen LogP contribution in [0.1, 0.15) is 31.2 Å². The van der Waals surface area contributed by atoms with E-state index in [0.717, 1.165) is 18.4 Å². The van der Waals surface area contributed by atoms with Gasteiger partial charge in [0.1, 0.15) is 5.69 Å². The summed E-state index contributed by atoms with van der Waals surface area (Å²) in [4.78, 5) is 14.1. The lowest BCUT2D eigenvalue weighted by Crippen LogP contribution is -2.07. The molecule has 0 aliphatic heterocycles. The van der Waals surface area contributed by atoms with Crippen molar-refractivity contribution in [2.24, 2.45) is 4.99 Å². The van der Waals surface area contributed by atoms with Crippen LogP contribution in [-0.4, -0.2) is 15.7 Å². The van der Waals surface area contributed by atoms with Crippen LogP contribution in [-0.2, 0) is 6.54 Å². The number of hydrogen-bond donors (Lipinski definition) is 2. The van der Waals surface area contributed by atoms with Gasteiger partial charge in [0.25, 0.3) is 0 Å². The number of rotatable bonds is 5. The van der Waals surface area contributed by atoms with E-state index in [1.807, 2.05) is 48.5 Å². The average Bonchev–Trinajstić information content (AvgIpc) is 3.23. The molecule has 1 aromatic heterocycles. The van der Waals surface area contributed by atoms with Gasteiger partial charge in [-0.2, -0.15) is 0 Å². The topological polar surface area (TPSA) is 76.2 Å². The molecule has 0 bridgehead atoms. The van der Waals surface area contributed by atoms with Gasteiger partial charge in [0, 0.05) is 17.8 Å². The van der Waals surface area contributed by atoms with Crippen molar-refractivity contribution in [2.75, 3.05) is 11.1 Å². The van der Waals surface area contributed by atoms with Crippen molar-refractivity contribution < 1.29 is 0 Å². The Hall–Kier alpha value is -3.21. The van der Waals surface area contributed by atoms with E-state index < -0.39 is 0 Å². The molecule has 0 amide bonds. The molecule has 0 radical (unpaired) electrons. The summed E-state index contributed by atoms with van der Waals surface area (Å²) in [7, 11) is 0. The van der Waals surface area contributed by atoms with Crippen LogP contribution in [0.2, 0.25) is 0 Å². The van der Waals surface area contributed by atoms with Crippen LogP contribution in [0.25, 0.3) is 11.4 Å². The first-order valence-electron chi connectivity index (χ1n) is 9.37. The molecule has 1 saturated carbocycles. The van der Waals surface area contributed by atoms with Gasteiger partial charge in [0.15, 0.2) is 17.5 Å².